The van der Waals surface area contributed by atoms with Crippen molar-refractivity contribution in [3.05, 3.63) is 23.9 Å². The zero-order valence-electron chi connectivity index (χ0n) is 10.4. The Morgan fingerprint density at radius 1 is 1.41 bits per heavy atom. The van der Waals surface area contributed by atoms with Crippen LogP contribution in [0.4, 0.5) is 5.82 Å². The second-order valence-corrected chi connectivity index (χ2v) is 4.86. The number of pyridine rings is 1. The van der Waals surface area contributed by atoms with Crippen LogP contribution in [-0.2, 0) is 0 Å². The zero-order chi connectivity index (χ0) is 12.4. The first-order valence-electron chi connectivity index (χ1n) is 6.15. The molecule has 0 aromatic carbocycles. The van der Waals surface area contributed by atoms with E-state index in [4.69, 9.17) is 0 Å². The van der Waals surface area contributed by atoms with Crippen molar-refractivity contribution >= 4 is 5.82 Å². The SMILES string of the molecule is CC(O)C1CCN(c2cc([C@H](C)O)ccn2)C1. The van der Waals surface area contributed by atoms with Crippen LogP contribution >= 0.6 is 0 Å². The van der Waals surface area contributed by atoms with Crippen LogP contribution in [0.3, 0.4) is 0 Å². The maximum Gasteiger partial charge on any atom is 0.128 e. The fourth-order valence-corrected chi connectivity index (χ4v) is 2.26. The molecule has 3 atom stereocenters. The predicted molar refractivity (Wildman–Crippen MR) is 66.9 cm³/mol. The lowest BCUT2D eigenvalue weighted by Gasteiger charge is -2.19. The van der Waals surface area contributed by atoms with Crippen molar-refractivity contribution in [3.63, 3.8) is 0 Å². The largest absolute Gasteiger partial charge is 0.393 e. The molecule has 1 aromatic rings. The summed E-state index contributed by atoms with van der Waals surface area (Å²) in [7, 11) is 0. The third kappa shape index (κ3) is 2.76. The molecule has 2 rings (SSSR count). The van der Waals surface area contributed by atoms with E-state index >= 15 is 0 Å². The summed E-state index contributed by atoms with van der Waals surface area (Å²) in [6.07, 6.45) is 2.00. The number of rotatable bonds is 3. The lowest BCUT2D eigenvalue weighted by Crippen LogP contribution is -2.24. The number of hydrogen-bond donors (Lipinski definition) is 2. The van der Waals surface area contributed by atoms with Gasteiger partial charge in [-0.2, -0.15) is 0 Å². The van der Waals surface area contributed by atoms with E-state index in [9.17, 15) is 10.2 Å². The van der Waals surface area contributed by atoms with Gasteiger partial charge in [0.05, 0.1) is 12.2 Å². The van der Waals surface area contributed by atoms with Gasteiger partial charge in [0.25, 0.3) is 0 Å². The lowest BCUT2D eigenvalue weighted by molar-refractivity contribution is 0.136. The molecule has 1 saturated heterocycles. The Hall–Kier alpha value is -1.13. The van der Waals surface area contributed by atoms with Crippen LogP contribution in [0, 0.1) is 5.92 Å². The van der Waals surface area contributed by atoms with Crippen LogP contribution in [0.1, 0.15) is 31.9 Å². The highest BCUT2D eigenvalue weighted by Crippen LogP contribution is 2.25. The zero-order valence-corrected chi connectivity index (χ0v) is 10.4. The summed E-state index contributed by atoms with van der Waals surface area (Å²) in [5.74, 6) is 1.22. The smallest absolute Gasteiger partial charge is 0.128 e. The molecule has 0 saturated carbocycles. The fourth-order valence-electron chi connectivity index (χ4n) is 2.26. The second kappa shape index (κ2) is 5.02. The average Bonchev–Trinajstić information content (AvgIpc) is 2.78. The highest BCUT2D eigenvalue weighted by atomic mass is 16.3. The van der Waals surface area contributed by atoms with Gasteiger partial charge in [0.2, 0.25) is 0 Å². The number of anilines is 1. The molecule has 0 aliphatic carbocycles. The van der Waals surface area contributed by atoms with E-state index in [-0.39, 0.29) is 6.10 Å². The third-order valence-electron chi connectivity index (χ3n) is 3.48. The molecule has 0 bridgehead atoms. The molecule has 0 radical (unpaired) electrons. The first kappa shape index (κ1) is 12.3. The van der Waals surface area contributed by atoms with Crippen LogP contribution < -0.4 is 4.90 Å². The number of aromatic nitrogens is 1. The van der Waals surface area contributed by atoms with Crippen LogP contribution in [0.2, 0.25) is 0 Å². The van der Waals surface area contributed by atoms with Crippen molar-refractivity contribution in [1.82, 2.24) is 4.98 Å². The Kier molecular flexibility index (Phi) is 3.64. The van der Waals surface area contributed by atoms with E-state index in [1.54, 1.807) is 13.1 Å². The molecule has 2 unspecified atom stereocenters. The number of nitrogens with zero attached hydrogens (tertiary/aromatic N) is 2. The van der Waals surface area contributed by atoms with Crippen molar-refractivity contribution in [1.29, 1.82) is 0 Å². The first-order chi connectivity index (χ1) is 8.08. The molecule has 0 amide bonds. The monoisotopic (exact) mass is 236 g/mol. The Bertz CT molecular complexity index is 379. The summed E-state index contributed by atoms with van der Waals surface area (Å²) >= 11 is 0. The topological polar surface area (TPSA) is 56.6 Å². The van der Waals surface area contributed by atoms with E-state index in [1.165, 1.54) is 0 Å². The van der Waals surface area contributed by atoms with Crippen LogP contribution in [0.5, 0.6) is 0 Å². The average molecular weight is 236 g/mol. The quantitative estimate of drug-likeness (QED) is 0.831. The normalized spacial score (nSPS) is 23.8. The molecular formula is C13H20N2O2. The summed E-state index contributed by atoms with van der Waals surface area (Å²) in [6, 6.07) is 3.76. The number of hydrogen-bond acceptors (Lipinski definition) is 4. The molecule has 94 valence electrons. The Balaban J connectivity index is 2.11. The van der Waals surface area contributed by atoms with Gasteiger partial charge in [-0.05, 0) is 38.0 Å². The molecule has 1 aromatic heterocycles. The van der Waals surface area contributed by atoms with Crippen LogP contribution in [0.25, 0.3) is 0 Å². The molecular weight excluding hydrogens is 216 g/mol. The van der Waals surface area contributed by atoms with E-state index in [0.29, 0.717) is 5.92 Å². The highest BCUT2D eigenvalue weighted by Gasteiger charge is 2.26. The minimum atomic E-state index is -0.466. The van der Waals surface area contributed by atoms with Crippen LogP contribution in [-0.4, -0.2) is 34.4 Å². The van der Waals surface area contributed by atoms with Gasteiger partial charge in [-0.3, -0.25) is 0 Å². The number of aliphatic hydroxyl groups excluding tert-OH is 2. The molecule has 4 heteroatoms. The van der Waals surface area contributed by atoms with Gasteiger partial charge in [0.1, 0.15) is 5.82 Å². The standard InChI is InChI=1S/C13H20N2O2/c1-9(16)11-3-5-14-13(7-11)15-6-4-12(8-15)10(2)17/h3,5,7,9-10,12,16-17H,4,6,8H2,1-2H3/t9-,10?,12?/m0/s1. The molecule has 2 heterocycles. The minimum absolute atomic E-state index is 0.264. The molecule has 2 N–H and O–H groups in total. The maximum absolute atomic E-state index is 9.57. The molecule has 0 spiro atoms. The maximum atomic E-state index is 9.57. The fraction of sp³-hybridized carbons (Fsp3) is 0.615. The Morgan fingerprint density at radius 3 is 2.76 bits per heavy atom. The highest BCUT2D eigenvalue weighted by molar-refractivity contribution is 5.42. The summed E-state index contributed by atoms with van der Waals surface area (Å²) in [5, 5.41) is 19.1. The van der Waals surface area contributed by atoms with E-state index in [0.717, 1.165) is 30.9 Å². The third-order valence-corrected chi connectivity index (χ3v) is 3.48. The number of aliphatic hydroxyl groups is 2. The first-order valence-corrected chi connectivity index (χ1v) is 6.15. The van der Waals surface area contributed by atoms with E-state index < -0.39 is 6.10 Å². The molecule has 17 heavy (non-hydrogen) atoms. The Labute approximate surface area is 102 Å². The lowest BCUT2D eigenvalue weighted by atomic mass is 10.0. The summed E-state index contributed by atoms with van der Waals surface area (Å²) in [4.78, 5) is 6.50. The molecule has 1 fully saturated rings. The molecule has 1 aliphatic rings. The predicted octanol–water partition coefficient (Wildman–Crippen LogP) is 1.34. The van der Waals surface area contributed by atoms with Gasteiger partial charge < -0.3 is 15.1 Å². The van der Waals surface area contributed by atoms with Gasteiger partial charge >= 0.3 is 0 Å². The summed E-state index contributed by atoms with van der Waals surface area (Å²) in [6.45, 7) is 5.36. The van der Waals surface area contributed by atoms with Gasteiger partial charge in [-0.15, -0.1) is 0 Å². The van der Waals surface area contributed by atoms with Crippen molar-refractivity contribution in [2.24, 2.45) is 5.92 Å². The van der Waals surface area contributed by atoms with E-state index in [2.05, 4.69) is 9.88 Å². The second-order valence-electron chi connectivity index (χ2n) is 4.86. The van der Waals surface area contributed by atoms with Crippen molar-refractivity contribution in [2.45, 2.75) is 32.5 Å². The Morgan fingerprint density at radius 2 is 2.18 bits per heavy atom. The van der Waals surface area contributed by atoms with Gasteiger partial charge in [-0.25, -0.2) is 4.98 Å². The van der Waals surface area contributed by atoms with Crippen molar-refractivity contribution in [3.8, 4) is 0 Å². The van der Waals surface area contributed by atoms with Crippen molar-refractivity contribution in [2.75, 3.05) is 18.0 Å². The minimum Gasteiger partial charge on any atom is -0.393 e. The van der Waals surface area contributed by atoms with Gasteiger partial charge in [-0.1, -0.05) is 0 Å². The van der Waals surface area contributed by atoms with Crippen LogP contribution in [0.15, 0.2) is 18.3 Å². The summed E-state index contributed by atoms with van der Waals surface area (Å²) in [5.41, 5.74) is 0.885. The van der Waals surface area contributed by atoms with Gasteiger partial charge in [0, 0.05) is 25.2 Å². The van der Waals surface area contributed by atoms with E-state index in [1.807, 2.05) is 19.1 Å². The molecule has 4 nitrogen and oxygen atoms in total. The summed E-state index contributed by atoms with van der Waals surface area (Å²) < 4.78 is 0. The van der Waals surface area contributed by atoms with Crippen molar-refractivity contribution < 1.29 is 10.2 Å². The van der Waals surface area contributed by atoms with Gasteiger partial charge in [0.15, 0.2) is 0 Å². The molecule has 1 aliphatic heterocycles.